The Kier molecular flexibility index (Phi) is 6.67. The van der Waals surface area contributed by atoms with Gasteiger partial charge in [0.1, 0.15) is 11.5 Å². The number of hydrogen-bond acceptors (Lipinski definition) is 3. The molecule has 0 spiro atoms. The lowest BCUT2D eigenvalue weighted by atomic mass is 10.2. The highest BCUT2D eigenvalue weighted by atomic mass is 16.5. The van der Waals surface area contributed by atoms with E-state index in [4.69, 9.17) is 9.47 Å². The molecule has 128 valence electrons. The van der Waals surface area contributed by atoms with Gasteiger partial charge >= 0.3 is 0 Å². The first-order valence-electron chi connectivity index (χ1n) is 8.29. The molecule has 4 nitrogen and oxygen atoms in total. The van der Waals surface area contributed by atoms with Gasteiger partial charge in [0.15, 0.2) is 6.61 Å². The molecule has 0 saturated carbocycles. The second-order valence-electron chi connectivity index (χ2n) is 5.80. The Morgan fingerprint density at radius 2 is 1.67 bits per heavy atom. The van der Waals surface area contributed by atoms with E-state index >= 15 is 0 Å². The smallest absolute Gasteiger partial charge is 0.261 e. The first-order valence-corrected chi connectivity index (χ1v) is 8.29. The minimum absolute atomic E-state index is 0.0145. The van der Waals surface area contributed by atoms with Gasteiger partial charge in [-0.3, -0.25) is 4.79 Å². The number of carbonyl (C=O) groups is 1. The van der Waals surface area contributed by atoms with Crippen molar-refractivity contribution in [1.82, 2.24) is 4.90 Å². The van der Waals surface area contributed by atoms with Gasteiger partial charge < -0.3 is 14.4 Å². The normalized spacial score (nSPS) is 10.5. The number of hydrogen-bond donors (Lipinski definition) is 0. The fraction of sp³-hybridized carbons (Fsp3) is 0.350. The van der Waals surface area contributed by atoms with Gasteiger partial charge in [0.05, 0.1) is 6.61 Å². The van der Waals surface area contributed by atoms with E-state index in [2.05, 4.69) is 0 Å². The molecule has 0 atom stereocenters. The van der Waals surface area contributed by atoms with Crippen molar-refractivity contribution in [1.29, 1.82) is 0 Å². The highest BCUT2D eigenvalue weighted by Crippen LogP contribution is 2.19. The van der Waals surface area contributed by atoms with Gasteiger partial charge in [-0.25, -0.2) is 0 Å². The van der Waals surface area contributed by atoms with Crippen LogP contribution in [0.15, 0.2) is 54.6 Å². The highest BCUT2D eigenvalue weighted by Gasteiger charge is 2.18. The minimum atomic E-state index is -0.0318. The molecule has 0 aliphatic heterocycles. The molecule has 0 aromatic heterocycles. The fourth-order valence-electron chi connectivity index (χ4n) is 2.39. The molecular weight excluding hydrogens is 302 g/mol. The van der Waals surface area contributed by atoms with Gasteiger partial charge in [-0.15, -0.1) is 0 Å². The Hall–Kier alpha value is -2.49. The minimum Gasteiger partial charge on any atom is -0.494 e. The Morgan fingerprint density at radius 1 is 1.00 bits per heavy atom. The standard InChI is InChI=1S/C20H25NO3/c1-4-23-18-11-8-12-19(13-18)24-15-20(22)21(16(2)3)14-17-9-6-5-7-10-17/h5-13,16H,4,14-15H2,1-3H3. The van der Waals surface area contributed by atoms with Crippen LogP contribution >= 0.6 is 0 Å². The lowest BCUT2D eigenvalue weighted by Crippen LogP contribution is -2.39. The topological polar surface area (TPSA) is 38.8 Å². The lowest BCUT2D eigenvalue weighted by molar-refractivity contribution is -0.135. The fourth-order valence-corrected chi connectivity index (χ4v) is 2.39. The predicted octanol–water partition coefficient (Wildman–Crippen LogP) is 3.90. The first kappa shape index (κ1) is 17.9. The Bertz CT molecular complexity index is 640. The third kappa shape index (κ3) is 5.30. The zero-order chi connectivity index (χ0) is 17.4. The van der Waals surface area contributed by atoms with E-state index in [1.807, 2.05) is 74.2 Å². The molecule has 24 heavy (non-hydrogen) atoms. The van der Waals surface area contributed by atoms with Crippen molar-refractivity contribution in [2.45, 2.75) is 33.4 Å². The number of benzene rings is 2. The maximum atomic E-state index is 12.5. The third-order valence-corrected chi connectivity index (χ3v) is 3.62. The van der Waals surface area contributed by atoms with E-state index < -0.39 is 0 Å². The van der Waals surface area contributed by atoms with Crippen LogP contribution in [0.3, 0.4) is 0 Å². The van der Waals surface area contributed by atoms with Crippen LogP contribution in [-0.2, 0) is 11.3 Å². The summed E-state index contributed by atoms with van der Waals surface area (Å²) in [5.74, 6) is 1.35. The van der Waals surface area contributed by atoms with E-state index in [1.165, 1.54) is 0 Å². The molecule has 2 aromatic rings. The van der Waals surface area contributed by atoms with Crippen LogP contribution in [0.25, 0.3) is 0 Å². The van der Waals surface area contributed by atoms with Crippen molar-refractivity contribution in [3.05, 3.63) is 60.2 Å². The first-order chi connectivity index (χ1) is 11.6. The summed E-state index contributed by atoms with van der Waals surface area (Å²) in [6, 6.07) is 17.4. The van der Waals surface area contributed by atoms with Crippen LogP contribution in [0.1, 0.15) is 26.3 Å². The van der Waals surface area contributed by atoms with Crippen LogP contribution in [-0.4, -0.2) is 30.1 Å². The number of ether oxygens (including phenoxy) is 2. The number of rotatable bonds is 8. The maximum Gasteiger partial charge on any atom is 0.261 e. The molecule has 0 fully saturated rings. The second kappa shape index (κ2) is 8.96. The maximum absolute atomic E-state index is 12.5. The van der Waals surface area contributed by atoms with Crippen molar-refractivity contribution < 1.29 is 14.3 Å². The van der Waals surface area contributed by atoms with Crippen molar-refractivity contribution in [2.75, 3.05) is 13.2 Å². The summed E-state index contributed by atoms with van der Waals surface area (Å²) in [4.78, 5) is 14.4. The zero-order valence-electron chi connectivity index (χ0n) is 14.6. The molecule has 0 aliphatic rings. The molecule has 0 aliphatic carbocycles. The average molecular weight is 327 g/mol. The molecule has 0 unspecified atom stereocenters. The molecule has 0 radical (unpaired) electrons. The van der Waals surface area contributed by atoms with Gasteiger partial charge in [0.2, 0.25) is 0 Å². The van der Waals surface area contributed by atoms with Crippen LogP contribution in [0.2, 0.25) is 0 Å². The van der Waals surface area contributed by atoms with E-state index in [1.54, 1.807) is 6.07 Å². The van der Waals surface area contributed by atoms with E-state index in [0.717, 1.165) is 11.3 Å². The van der Waals surface area contributed by atoms with Crippen molar-refractivity contribution in [2.24, 2.45) is 0 Å². The van der Waals surface area contributed by atoms with Gasteiger partial charge in [0, 0.05) is 18.7 Å². The predicted molar refractivity (Wildman–Crippen MR) is 95.2 cm³/mol. The second-order valence-corrected chi connectivity index (χ2v) is 5.80. The molecule has 2 rings (SSSR count). The summed E-state index contributed by atoms with van der Waals surface area (Å²) < 4.78 is 11.1. The lowest BCUT2D eigenvalue weighted by Gasteiger charge is -2.27. The third-order valence-electron chi connectivity index (χ3n) is 3.62. The van der Waals surface area contributed by atoms with Crippen molar-refractivity contribution in [3.63, 3.8) is 0 Å². The average Bonchev–Trinajstić information content (AvgIpc) is 2.59. The Morgan fingerprint density at radius 3 is 2.29 bits per heavy atom. The van der Waals surface area contributed by atoms with Crippen LogP contribution < -0.4 is 9.47 Å². The molecule has 2 aromatic carbocycles. The monoisotopic (exact) mass is 327 g/mol. The van der Waals surface area contributed by atoms with E-state index in [-0.39, 0.29) is 18.6 Å². The van der Waals surface area contributed by atoms with Gasteiger partial charge in [-0.05, 0) is 38.5 Å². The SMILES string of the molecule is CCOc1cccc(OCC(=O)N(Cc2ccccc2)C(C)C)c1. The Labute approximate surface area is 144 Å². The number of amides is 1. The molecule has 0 N–H and O–H groups in total. The van der Waals surface area contributed by atoms with E-state index in [0.29, 0.717) is 18.9 Å². The largest absolute Gasteiger partial charge is 0.494 e. The summed E-state index contributed by atoms with van der Waals surface area (Å²) in [6.45, 7) is 7.15. The summed E-state index contributed by atoms with van der Waals surface area (Å²) in [7, 11) is 0. The summed E-state index contributed by atoms with van der Waals surface area (Å²) >= 11 is 0. The number of carbonyl (C=O) groups excluding carboxylic acids is 1. The van der Waals surface area contributed by atoms with Crippen molar-refractivity contribution >= 4 is 5.91 Å². The molecular formula is C20H25NO3. The van der Waals surface area contributed by atoms with Crippen molar-refractivity contribution in [3.8, 4) is 11.5 Å². The van der Waals surface area contributed by atoms with Crippen LogP contribution in [0.5, 0.6) is 11.5 Å². The molecule has 1 amide bonds. The Balaban J connectivity index is 1.97. The van der Waals surface area contributed by atoms with Crippen LogP contribution in [0.4, 0.5) is 0 Å². The van der Waals surface area contributed by atoms with Crippen LogP contribution in [0, 0.1) is 0 Å². The summed E-state index contributed by atoms with van der Waals surface area (Å²) in [5.41, 5.74) is 1.11. The van der Waals surface area contributed by atoms with Gasteiger partial charge in [-0.2, -0.15) is 0 Å². The quantitative estimate of drug-likeness (QED) is 0.738. The van der Waals surface area contributed by atoms with Gasteiger partial charge in [-0.1, -0.05) is 36.4 Å². The van der Waals surface area contributed by atoms with Gasteiger partial charge in [0.25, 0.3) is 5.91 Å². The molecule has 4 heteroatoms. The molecule has 0 heterocycles. The number of nitrogens with zero attached hydrogens (tertiary/aromatic N) is 1. The van der Waals surface area contributed by atoms with E-state index in [9.17, 15) is 4.79 Å². The summed E-state index contributed by atoms with van der Waals surface area (Å²) in [6.07, 6.45) is 0. The summed E-state index contributed by atoms with van der Waals surface area (Å²) in [5, 5.41) is 0. The highest BCUT2D eigenvalue weighted by molar-refractivity contribution is 5.78. The zero-order valence-corrected chi connectivity index (χ0v) is 14.6. The molecule has 0 saturated heterocycles. The molecule has 0 bridgehead atoms.